The first-order chi connectivity index (χ1) is 13.0. The third-order valence-corrected chi connectivity index (χ3v) is 5.63. The molecule has 0 N–H and O–H groups in total. The lowest BCUT2D eigenvalue weighted by Crippen LogP contribution is -2.27. The SMILES string of the molecule is COc1ccc(/C=C/C(=O)N(C)[C@H](C)c2nc3ccccc3s2)cc1OC. The molecule has 5 nitrogen and oxygen atoms in total. The fraction of sp³-hybridized carbons (Fsp3) is 0.238. The van der Waals surface area contributed by atoms with E-state index in [1.54, 1.807) is 49.7 Å². The number of carbonyl (C=O) groups is 1. The van der Waals surface area contributed by atoms with Gasteiger partial charge in [-0.05, 0) is 42.8 Å². The number of nitrogens with zero attached hydrogens (tertiary/aromatic N) is 2. The summed E-state index contributed by atoms with van der Waals surface area (Å²) in [5.41, 5.74) is 1.83. The average Bonchev–Trinajstić information content (AvgIpc) is 3.14. The second-order valence-corrected chi connectivity index (χ2v) is 7.15. The van der Waals surface area contributed by atoms with Gasteiger partial charge in [0.2, 0.25) is 5.91 Å². The second kappa shape index (κ2) is 8.22. The molecule has 140 valence electrons. The highest BCUT2D eigenvalue weighted by atomic mass is 32.1. The van der Waals surface area contributed by atoms with Gasteiger partial charge >= 0.3 is 0 Å². The van der Waals surface area contributed by atoms with Crippen LogP contribution < -0.4 is 9.47 Å². The number of methoxy groups -OCH3 is 2. The van der Waals surface area contributed by atoms with Gasteiger partial charge in [-0.1, -0.05) is 18.2 Å². The lowest BCUT2D eigenvalue weighted by Gasteiger charge is -2.21. The quantitative estimate of drug-likeness (QED) is 0.587. The number of likely N-dealkylation sites (N-methyl/N-ethyl adjacent to an activating group) is 1. The summed E-state index contributed by atoms with van der Waals surface area (Å²) in [4.78, 5) is 18.9. The van der Waals surface area contributed by atoms with Gasteiger partial charge in [-0.15, -0.1) is 11.3 Å². The molecule has 1 heterocycles. The van der Waals surface area contributed by atoms with E-state index in [0.29, 0.717) is 11.5 Å². The fourth-order valence-corrected chi connectivity index (χ4v) is 3.73. The highest BCUT2D eigenvalue weighted by Gasteiger charge is 2.19. The fourth-order valence-electron chi connectivity index (χ4n) is 2.67. The van der Waals surface area contributed by atoms with Crippen LogP contribution in [0.2, 0.25) is 0 Å². The molecule has 0 saturated heterocycles. The third-order valence-electron chi connectivity index (χ3n) is 4.42. The Morgan fingerprint density at radius 3 is 2.59 bits per heavy atom. The zero-order chi connectivity index (χ0) is 19.4. The van der Waals surface area contributed by atoms with Crippen molar-refractivity contribution in [3.63, 3.8) is 0 Å². The van der Waals surface area contributed by atoms with Crippen molar-refractivity contribution in [3.8, 4) is 11.5 Å². The maximum atomic E-state index is 12.6. The molecule has 0 bridgehead atoms. The van der Waals surface area contributed by atoms with Crippen LogP contribution in [0.5, 0.6) is 11.5 Å². The van der Waals surface area contributed by atoms with Crippen molar-refractivity contribution in [2.75, 3.05) is 21.3 Å². The lowest BCUT2D eigenvalue weighted by molar-refractivity contribution is -0.126. The maximum Gasteiger partial charge on any atom is 0.246 e. The summed E-state index contributed by atoms with van der Waals surface area (Å²) in [6.45, 7) is 1.99. The average molecular weight is 382 g/mol. The summed E-state index contributed by atoms with van der Waals surface area (Å²) in [6, 6.07) is 13.4. The van der Waals surface area contributed by atoms with Crippen molar-refractivity contribution < 1.29 is 14.3 Å². The normalized spacial score (nSPS) is 12.3. The van der Waals surface area contributed by atoms with Crippen molar-refractivity contribution in [2.24, 2.45) is 0 Å². The number of aromatic nitrogens is 1. The number of rotatable bonds is 6. The van der Waals surface area contributed by atoms with Gasteiger partial charge < -0.3 is 14.4 Å². The van der Waals surface area contributed by atoms with Gasteiger partial charge in [0, 0.05) is 13.1 Å². The minimum absolute atomic E-state index is 0.0865. The van der Waals surface area contributed by atoms with E-state index in [1.165, 1.54) is 0 Å². The molecule has 6 heteroatoms. The lowest BCUT2D eigenvalue weighted by atomic mass is 10.2. The molecular weight excluding hydrogens is 360 g/mol. The Hall–Kier alpha value is -2.86. The van der Waals surface area contributed by atoms with Crippen LogP contribution >= 0.6 is 11.3 Å². The van der Waals surface area contributed by atoms with Crippen molar-refractivity contribution in [2.45, 2.75) is 13.0 Å². The topological polar surface area (TPSA) is 51.7 Å². The van der Waals surface area contributed by atoms with Gasteiger partial charge in [-0.3, -0.25) is 4.79 Å². The van der Waals surface area contributed by atoms with Crippen molar-refractivity contribution in [1.82, 2.24) is 9.88 Å². The number of carbonyl (C=O) groups excluding carboxylic acids is 1. The zero-order valence-corrected chi connectivity index (χ0v) is 16.6. The molecule has 1 atom stereocenters. The summed E-state index contributed by atoms with van der Waals surface area (Å²) in [5, 5.41) is 0.923. The molecule has 0 aliphatic carbocycles. The van der Waals surface area contributed by atoms with Gasteiger partial charge in [0.15, 0.2) is 11.5 Å². The molecule has 3 rings (SSSR count). The number of ether oxygens (including phenoxy) is 2. The van der Waals surface area contributed by atoms with Gasteiger partial charge in [0.25, 0.3) is 0 Å². The molecule has 0 aliphatic heterocycles. The number of para-hydroxylation sites is 1. The summed E-state index contributed by atoms with van der Waals surface area (Å²) < 4.78 is 11.7. The van der Waals surface area contributed by atoms with E-state index in [1.807, 2.05) is 49.4 Å². The molecule has 3 aromatic rings. The predicted octanol–water partition coefficient (Wildman–Crippen LogP) is 4.55. The van der Waals surface area contributed by atoms with Crippen LogP contribution in [-0.2, 0) is 4.79 Å². The van der Waals surface area contributed by atoms with Crippen LogP contribution in [0.25, 0.3) is 16.3 Å². The smallest absolute Gasteiger partial charge is 0.246 e. The second-order valence-electron chi connectivity index (χ2n) is 6.09. The van der Waals surface area contributed by atoms with Crippen LogP contribution in [0, 0.1) is 0 Å². The molecule has 1 amide bonds. The molecule has 27 heavy (non-hydrogen) atoms. The number of fused-ring (bicyclic) bond motifs is 1. The molecule has 0 spiro atoms. The van der Waals surface area contributed by atoms with E-state index in [-0.39, 0.29) is 11.9 Å². The van der Waals surface area contributed by atoms with Crippen molar-refractivity contribution >= 4 is 33.5 Å². The first-order valence-corrected chi connectivity index (χ1v) is 9.37. The Morgan fingerprint density at radius 1 is 1.15 bits per heavy atom. The maximum absolute atomic E-state index is 12.6. The van der Waals surface area contributed by atoms with Crippen LogP contribution in [0.3, 0.4) is 0 Å². The van der Waals surface area contributed by atoms with Crippen LogP contribution in [0.1, 0.15) is 23.5 Å². The van der Waals surface area contributed by atoms with Gasteiger partial charge in [0.05, 0.1) is 30.5 Å². The molecule has 0 saturated carbocycles. The van der Waals surface area contributed by atoms with E-state index < -0.39 is 0 Å². The first kappa shape index (κ1) is 18.9. The van der Waals surface area contributed by atoms with Crippen LogP contribution in [0.4, 0.5) is 0 Å². The summed E-state index contributed by atoms with van der Waals surface area (Å²) in [6.07, 6.45) is 3.33. The molecule has 0 unspecified atom stereocenters. The highest BCUT2D eigenvalue weighted by molar-refractivity contribution is 7.18. The summed E-state index contributed by atoms with van der Waals surface area (Å²) >= 11 is 1.62. The van der Waals surface area contributed by atoms with Gasteiger partial charge in [-0.25, -0.2) is 4.98 Å². The minimum Gasteiger partial charge on any atom is -0.493 e. The number of hydrogen-bond donors (Lipinski definition) is 0. The third kappa shape index (κ3) is 4.11. The Kier molecular flexibility index (Phi) is 5.76. The van der Waals surface area contributed by atoms with E-state index in [9.17, 15) is 4.79 Å². The van der Waals surface area contributed by atoms with E-state index in [2.05, 4.69) is 4.98 Å². The van der Waals surface area contributed by atoms with Crippen LogP contribution in [0.15, 0.2) is 48.5 Å². The van der Waals surface area contributed by atoms with Gasteiger partial charge in [0.1, 0.15) is 5.01 Å². The molecular formula is C21H22N2O3S. The molecule has 0 aliphatic rings. The predicted molar refractivity (Wildman–Crippen MR) is 109 cm³/mol. The van der Waals surface area contributed by atoms with E-state index in [4.69, 9.17) is 9.47 Å². The zero-order valence-electron chi connectivity index (χ0n) is 15.8. The Labute approximate surface area is 162 Å². The first-order valence-electron chi connectivity index (χ1n) is 8.56. The Balaban J connectivity index is 1.73. The minimum atomic E-state index is -0.107. The Morgan fingerprint density at radius 2 is 1.89 bits per heavy atom. The summed E-state index contributed by atoms with van der Waals surface area (Å²) in [5.74, 6) is 1.20. The molecule has 1 aromatic heterocycles. The molecule has 2 aromatic carbocycles. The molecule has 0 radical (unpaired) electrons. The van der Waals surface area contributed by atoms with E-state index >= 15 is 0 Å². The Bertz CT molecular complexity index is 947. The number of benzene rings is 2. The summed E-state index contributed by atoms with van der Waals surface area (Å²) in [7, 11) is 4.97. The van der Waals surface area contributed by atoms with Crippen LogP contribution in [-0.4, -0.2) is 37.1 Å². The highest BCUT2D eigenvalue weighted by Crippen LogP contribution is 2.30. The largest absolute Gasteiger partial charge is 0.493 e. The van der Waals surface area contributed by atoms with Crippen molar-refractivity contribution in [3.05, 3.63) is 59.1 Å². The monoisotopic (exact) mass is 382 g/mol. The number of hydrogen-bond acceptors (Lipinski definition) is 5. The van der Waals surface area contributed by atoms with Crippen molar-refractivity contribution in [1.29, 1.82) is 0 Å². The number of thiazole rings is 1. The number of amides is 1. The van der Waals surface area contributed by atoms with Gasteiger partial charge in [-0.2, -0.15) is 0 Å². The molecule has 0 fully saturated rings. The van der Waals surface area contributed by atoms with E-state index in [0.717, 1.165) is 20.8 Å². The standard InChI is InChI=1S/C21H22N2O3S/c1-14(21-22-16-7-5-6-8-19(16)27-21)23(2)20(24)12-10-15-9-11-17(25-3)18(13-15)26-4/h5-14H,1-4H3/b12-10+/t14-/m1/s1.